The Balaban J connectivity index is 1.94. The van der Waals surface area contributed by atoms with E-state index < -0.39 is 5.97 Å². The van der Waals surface area contributed by atoms with Crippen LogP contribution in [0.4, 0.5) is 5.69 Å². The van der Waals surface area contributed by atoms with Gasteiger partial charge < -0.3 is 15.7 Å². The third-order valence-electron chi connectivity index (χ3n) is 3.06. The predicted molar refractivity (Wildman–Crippen MR) is 89.9 cm³/mol. The molecule has 2 rings (SSSR count). The van der Waals surface area contributed by atoms with E-state index in [0.717, 1.165) is 10.7 Å². The Hall–Kier alpha value is -2.41. The molecule has 1 amide bonds. The van der Waals surface area contributed by atoms with E-state index in [9.17, 15) is 9.59 Å². The average molecular weight is 333 g/mol. The zero-order valence-electron chi connectivity index (χ0n) is 13.0. The van der Waals surface area contributed by atoms with Gasteiger partial charge in [0.15, 0.2) is 0 Å². The number of rotatable bonds is 7. The fraction of sp³-hybridized carbons (Fsp3) is 0.312. The molecule has 7 heteroatoms. The van der Waals surface area contributed by atoms with Crippen molar-refractivity contribution in [3.63, 3.8) is 0 Å². The largest absolute Gasteiger partial charge is 0.480 e. The van der Waals surface area contributed by atoms with E-state index in [-0.39, 0.29) is 12.5 Å². The van der Waals surface area contributed by atoms with Crippen LogP contribution in [0.3, 0.4) is 0 Å². The van der Waals surface area contributed by atoms with Crippen LogP contribution in [0.1, 0.15) is 40.8 Å². The molecule has 0 atom stereocenters. The lowest BCUT2D eigenvalue weighted by molar-refractivity contribution is -0.134. The standard InChI is InChI=1S/C16H19N3O3S/c1-10(2)16-19-13(9-23-16)7-18-15(22)11-4-3-5-12(6-11)17-8-14(20)21/h3-6,9-10,17H,7-8H2,1-2H3,(H,18,22)(H,20,21). The number of carboxylic acid groups (broad SMARTS) is 1. The van der Waals surface area contributed by atoms with Crippen LogP contribution in [0.2, 0.25) is 0 Å². The second-order valence-corrected chi connectivity index (χ2v) is 6.23. The summed E-state index contributed by atoms with van der Waals surface area (Å²) in [7, 11) is 0. The van der Waals surface area contributed by atoms with E-state index in [4.69, 9.17) is 5.11 Å². The lowest BCUT2D eigenvalue weighted by Gasteiger charge is -2.07. The summed E-state index contributed by atoms with van der Waals surface area (Å²) >= 11 is 1.59. The Bertz CT molecular complexity index is 697. The Morgan fingerprint density at radius 2 is 2.13 bits per heavy atom. The van der Waals surface area contributed by atoms with Gasteiger partial charge >= 0.3 is 5.97 Å². The van der Waals surface area contributed by atoms with Crippen LogP contribution in [-0.4, -0.2) is 28.5 Å². The first-order valence-electron chi connectivity index (χ1n) is 7.24. The highest BCUT2D eigenvalue weighted by molar-refractivity contribution is 7.09. The van der Waals surface area contributed by atoms with E-state index >= 15 is 0 Å². The number of carbonyl (C=O) groups excluding carboxylic acids is 1. The van der Waals surface area contributed by atoms with Crippen molar-refractivity contribution in [2.45, 2.75) is 26.3 Å². The molecule has 0 spiro atoms. The number of carboxylic acids is 1. The number of anilines is 1. The van der Waals surface area contributed by atoms with Gasteiger partial charge in [-0.15, -0.1) is 11.3 Å². The molecule has 0 unspecified atom stereocenters. The number of aliphatic carboxylic acids is 1. The highest BCUT2D eigenvalue weighted by Crippen LogP contribution is 2.19. The molecule has 1 aromatic carbocycles. The molecule has 0 bridgehead atoms. The molecule has 0 aliphatic heterocycles. The Kier molecular flexibility index (Phi) is 5.70. The summed E-state index contributed by atoms with van der Waals surface area (Å²) < 4.78 is 0. The van der Waals surface area contributed by atoms with Crippen molar-refractivity contribution in [2.24, 2.45) is 0 Å². The Labute approximate surface area is 138 Å². The number of amides is 1. The highest BCUT2D eigenvalue weighted by atomic mass is 32.1. The van der Waals surface area contributed by atoms with Gasteiger partial charge in [-0.05, 0) is 18.2 Å². The first-order valence-corrected chi connectivity index (χ1v) is 8.12. The summed E-state index contributed by atoms with van der Waals surface area (Å²) in [6, 6.07) is 6.73. The highest BCUT2D eigenvalue weighted by Gasteiger charge is 2.09. The second-order valence-electron chi connectivity index (χ2n) is 5.34. The van der Waals surface area contributed by atoms with Gasteiger partial charge in [-0.2, -0.15) is 0 Å². The van der Waals surface area contributed by atoms with Crippen molar-refractivity contribution in [2.75, 3.05) is 11.9 Å². The van der Waals surface area contributed by atoms with Crippen molar-refractivity contribution in [1.82, 2.24) is 10.3 Å². The smallest absolute Gasteiger partial charge is 0.322 e. The van der Waals surface area contributed by atoms with E-state index in [1.165, 1.54) is 0 Å². The number of nitrogens with zero attached hydrogens (tertiary/aromatic N) is 1. The maximum Gasteiger partial charge on any atom is 0.322 e. The van der Waals surface area contributed by atoms with Gasteiger partial charge in [0.1, 0.15) is 6.54 Å². The number of thiazole rings is 1. The summed E-state index contributed by atoms with van der Waals surface area (Å²) in [6.07, 6.45) is 0. The molecule has 1 heterocycles. The number of hydrogen-bond donors (Lipinski definition) is 3. The summed E-state index contributed by atoms with van der Waals surface area (Å²) in [5.41, 5.74) is 1.91. The van der Waals surface area contributed by atoms with Crippen molar-refractivity contribution in [3.8, 4) is 0 Å². The summed E-state index contributed by atoms with van der Waals surface area (Å²) in [5.74, 6) is -0.797. The lowest BCUT2D eigenvalue weighted by Crippen LogP contribution is -2.23. The SMILES string of the molecule is CC(C)c1nc(CNC(=O)c2cccc(NCC(=O)O)c2)cs1. The Morgan fingerprint density at radius 1 is 1.35 bits per heavy atom. The van der Waals surface area contributed by atoms with E-state index in [0.29, 0.717) is 23.7 Å². The average Bonchev–Trinajstić information content (AvgIpc) is 3.00. The molecule has 6 nitrogen and oxygen atoms in total. The monoisotopic (exact) mass is 333 g/mol. The van der Waals surface area contributed by atoms with Gasteiger partial charge in [-0.3, -0.25) is 9.59 Å². The molecule has 23 heavy (non-hydrogen) atoms. The van der Waals surface area contributed by atoms with Gasteiger partial charge in [0.2, 0.25) is 0 Å². The third kappa shape index (κ3) is 5.07. The number of nitrogens with one attached hydrogen (secondary N) is 2. The molecular formula is C16H19N3O3S. The van der Waals surface area contributed by atoms with Crippen LogP contribution in [0.5, 0.6) is 0 Å². The second kappa shape index (κ2) is 7.73. The number of aromatic nitrogens is 1. The fourth-order valence-corrected chi connectivity index (χ4v) is 2.72. The minimum absolute atomic E-state index is 0.193. The summed E-state index contributed by atoms with van der Waals surface area (Å²) in [6.45, 7) is 4.34. The number of carbonyl (C=O) groups is 2. The van der Waals surface area contributed by atoms with Crippen molar-refractivity contribution in [3.05, 3.63) is 45.9 Å². The van der Waals surface area contributed by atoms with Crippen molar-refractivity contribution < 1.29 is 14.7 Å². The van der Waals surface area contributed by atoms with E-state index in [1.807, 2.05) is 5.38 Å². The number of benzene rings is 1. The quantitative estimate of drug-likeness (QED) is 0.724. The predicted octanol–water partition coefficient (Wildman–Crippen LogP) is 2.69. The van der Waals surface area contributed by atoms with Crippen LogP contribution < -0.4 is 10.6 Å². The first kappa shape index (κ1) is 17.0. The molecule has 122 valence electrons. The normalized spacial score (nSPS) is 10.6. The maximum atomic E-state index is 12.2. The molecule has 3 N–H and O–H groups in total. The lowest BCUT2D eigenvalue weighted by atomic mass is 10.2. The van der Waals surface area contributed by atoms with Crippen LogP contribution in [-0.2, 0) is 11.3 Å². The molecule has 2 aromatic rings. The zero-order valence-corrected chi connectivity index (χ0v) is 13.8. The van der Waals surface area contributed by atoms with Gasteiger partial charge in [0.25, 0.3) is 5.91 Å². The maximum absolute atomic E-state index is 12.2. The van der Waals surface area contributed by atoms with Gasteiger partial charge in [0.05, 0.1) is 17.2 Å². The fourth-order valence-electron chi connectivity index (χ4n) is 1.89. The van der Waals surface area contributed by atoms with Crippen LogP contribution in [0.15, 0.2) is 29.6 Å². The van der Waals surface area contributed by atoms with E-state index in [2.05, 4.69) is 29.5 Å². The van der Waals surface area contributed by atoms with Crippen LogP contribution in [0.25, 0.3) is 0 Å². The molecule has 0 aliphatic rings. The molecule has 0 saturated heterocycles. The molecule has 0 fully saturated rings. The van der Waals surface area contributed by atoms with E-state index in [1.54, 1.807) is 35.6 Å². The van der Waals surface area contributed by atoms with Crippen LogP contribution >= 0.6 is 11.3 Å². The molecule has 1 aromatic heterocycles. The topological polar surface area (TPSA) is 91.3 Å². The Morgan fingerprint density at radius 3 is 2.78 bits per heavy atom. The molecule has 0 radical (unpaired) electrons. The summed E-state index contributed by atoms with van der Waals surface area (Å²) in [5, 5.41) is 17.2. The minimum Gasteiger partial charge on any atom is -0.480 e. The third-order valence-corrected chi connectivity index (χ3v) is 4.26. The molecular weight excluding hydrogens is 314 g/mol. The van der Waals surface area contributed by atoms with Crippen molar-refractivity contribution >= 4 is 28.9 Å². The van der Waals surface area contributed by atoms with Crippen molar-refractivity contribution in [1.29, 1.82) is 0 Å². The van der Waals surface area contributed by atoms with Crippen LogP contribution in [0, 0.1) is 0 Å². The van der Waals surface area contributed by atoms with Gasteiger partial charge in [-0.25, -0.2) is 4.98 Å². The zero-order chi connectivity index (χ0) is 16.8. The molecule has 0 aliphatic carbocycles. The molecule has 0 saturated carbocycles. The van der Waals surface area contributed by atoms with Gasteiger partial charge in [-0.1, -0.05) is 19.9 Å². The van der Waals surface area contributed by atoms with Gasteiger partial charge in [0, 0.05) is 22.5 Å². The first-order chi connectivity index (χ1) is 11.0. The minimum atomic E-state index is -0.954. The summed E-state index contributed by atoms with van der Waals surface area (Å²) in [4.78, 5) is 27.2. The number of hydrogen-bond acceptors (Lipinski definition) is 5.